The van der Waals surface area contributed by atoms with Gasteiger partial charge < -0.3 is 0 Å². The topological polar surface area (TPSA) is 89.3 Å². The van der Waals surface area contributed by atoms with Gasteiger partial charge in [0.2, 0.25) is 10.0 Å². The van der Waals surface area contributed by atoms with Crippen LogP contribution in [0.4, 0.5) is 18.9 Å². The number of halogens is 4. The summed E-state index contributed by atoms with van der Waals surface area (Å²) in [5.41, 5.74) is -3.31. The Balaban J connectivity index is 2.46. The van der Waals surface area contributed by atoms with Crippen LogP contribution in [-0.2, 0) is 10.0 Å². The predicted molar refractivity (Wildman–Crippen MR) is 69.1 cm³/mol. The zero-order chi connectivity index (χ0) is 16.1. The van der Waals surface area contributed by atoms with Gasteiger partial charge in [0, 0.05) is 10.5 Å². The van der Waals surface area contributed by atoms with Gasteiger partial charge in [0.25, 0.3) is 5.69 Å². The monoisotopic (exact) mass is 388 g/mol. The molecule has 1 aromatic carbocycles. The van der Waals surface area contributed by atoms with E-state index in [0.29, 0.717) is 0 Å². The summed E-state index contributed by atoms with van der Waals surface area (Å²) in [4.78, 5) is 9.06. The van der Waals surface area contributed by atoms with Gasteiger partial charge in [0.1, 0.15) is 5.54 Å². The minimum atomic E-state index is -4.75. The molecule has 1 fully saturated rings. The third kappa shape index (κ3) is 3.04. The van der Waals surface area contributed by atoms with Crippen molar-refractivity contribution < 1.29 is 26.5 Å². The van der Waals surface area contributed by atoms with Crippen LogP contribution in [0.3, 0.4) is 0 Å². The van der Waals surface area contributed by atoms with Crippen molar-refractivity contribution in [2.45, 2.75) is 29.5 Å². The van der Waals surface area contributed by atoms with Crippen molar-refractivity contribution in [2.75, 3.05) is 0 Å². The van der Waals surface area contributed by atoms with E-state index in [1.54, 1.807) is 4.72 Å². The number of nitrogens with zero attached hydrogens (tertiary/aromatic N) is 1. The number of benzene rings is 1. The first-order valence-electron chi connectivity index (χ1n) is 5.53. The first-order valence-corrected chi connectivity index (χ1v) is 7.81. The number of nitrogens with one attached hydrogen (secondary N) is 1. The van der Waals surface area contributed by atoms with Crippen LogP contribution in [0.15, 0.2) is 27.6 Å². The molecule has 21 heavy (non-hydrogen) atoms. The summed E-state index contributed by atoms with van der Waals surface area (Å²) < 4.78 is 64.3. The molecule has 116 valence electrons. The highest BCUT2D eigenvalue weighted by Crippen LogP contribution is 2.50. The average Bonchev–Trinajstić information content (AvgIpc) is 3.08. The number of nitro groups is 1. The van der Waals surface area contributed by atoms with Crippen LogP contribution < -0.4 is 4.72 Å². The molecule has 0 spiro atoms. The summed E-state index contributed by atoms with van der Waals surface area (Å²) in [6.07, 6.45) is -5.53. The van der Waals surface area contributed by atoms with E-state index in [-0.39, 0.29) is 4.47 Å². The normalized spacial score (nSPS) is 17.5. The Labute approximate surface area is 125 Å². The van der Waals surface area contributed by atoms with Crippen molar-refractivity contribution in [1.29, 1.82) is 0 Å². The average molecular weight is 389 g/mol. The van der Waals surface area contributed by atoms with Gasteiger partial charge in [-0.25, -0.2) is 8.42 Å². The molecule has 0 aliphatic heterocycles. The molecule has 1 N–H and O–H groups in total. The van der Waals surface area contributed by atoms with Crippen molar-refractivity contribution in [2.24, 2.45) is 0 Å². The van der Waals surface area contributed by atoms with E-state index in [4.69, 9.17) is 0 Å². The van der Waals surface area contributed by atoms with Gasteiger partial charge in [-0.3, -0.25) is 10.1 Å². The Morgan fingerprint density at radius 3 is 2.33 bits per heavy atom. The van der Waals surface area contributed by atoms with Gasteiger partial charge in [-0.15, -0.1) is 0 Å². The fourth-order valence-electron chi connectivity index (χ4n) is 1.73. The predicted octanol–water partition coefficient (Wildman–Crippen LogP) is 2.73. The molecule has 0 bridgehead atoms. The molecule has 0 amide bonds. The fraction of sp³-hybridized carbons (Fsp3) is 0.400. The fourth-order valence-corrected chi connectivity index (χ4v) is 3.89. The van der Waals surface area contributed by atoms with Crippen LogP contribution in [0.25, 0.3) is 0 Å². The number of rotatable bonds is 4. The number of alkyl halides is 3. The lowest BCUT2D eigenvalue weighted by molar-refractivity contribution is -0.387. The number of sulfonamides is 1. The SMILES string of the molecule is O=[N+]([O-])c1ccc(Br)cc1S(=O)(=O)NC1(C(F)(F)F)CC1. The molecule has 1 saturated carbocycles. The molecule has 2 rings (SSSR count). The highest BCUT2D eigenvalue weighted by Gasteiger charge is 2.65. The highest BCUT2D eigenvalue weighted by atomic mass is 79.9. The molecule has 0 atom stereocenters. The molecule has 1 aromatic rings. The van der Waals surface area contributed by atoms with Crippen LogP contribution in [0, 0.1) is 10.1 Å². The van der Waals surface area contributed by atoms with Gasteiger partial charge in [-0.1, -0.05) is 15.9 Å². The number of nitro benzene ring substituents is 1. The Kier molecular flexibility index (Phi) is 3.79. The minimum Gasteiger partial charge on any atom is -0.258 e. The van der Waals surface area contributed by atoms with E-state index >= 15 is 0 Å². The van der Waals surface area contributed by atoms with Gasteiger partial charge in [-0.2, -0.15) is 17.9 Å². The van der Waals surface area contributed by atoms with Crippen molar-refractivity contribution >= 4 is 31.6 Å². The second-order valence-corrected chi connectivity index (χ2v) is 7.12. The molecule has 0 saturated heterocycles. The van der Waals surface area contributed by atoms with Crippen molar-refractivity contribution in [3.05, 3.63) is 32.8 Å². The molecule has 1 aliphatic rings. The molecule has 0 heterocycles. The van der Waals surface area contributed by atoms with E-state index in [2.05, 4.69) is 15.9 Å². The molecule has 11 heteroatoms. The highest BCUT2D eigenvalue weighted by molar-refractivity contribution is 9.10. The number of hydrogen-bond donors (Lipinski definition) is 1. The first kappa shape index (κ1) is 16.2. The maximum Gasteiger partial charge on any atom is 0.407 e. The minimum absolute atomic E-state index is 0.199. The molecular weight excluding hydrogens is 381 g/mol. The maximum atomic E-state index is 12.8. The molecule has 0 aromatic heterocycles. The lowest BCUT2D eigenvalue weighted by Gasteiger charge is -2.20. The second kappa shape index (κ2) is 4.92. The van der Waals surface area contributed by atoms with Crippen LogP contribution in [-0.4, -0.2) is 25.1 Å². The van der Waals surface area contributed by atoms with Crippen LogP contribution in [0.1, 0.15) is 12.8 Å². The zero-order valence-electron chi connectivity index (χ0n) is 10.1. The zero-order valence-corrected chi connectivity index (χ0v) is 12.5. The van der Waals surface area contributed by atoms with E-state index in [1.807, 2.05) is 0 Å². The van der Waals surface area contributed by atoms with Crippen LogP contribution >= 0.6 is 15.9 Å². The molecule has 1 aliphatic carbocycles. The third-order valence-corrected chi connectivity index (χ3v) is 5.09. The molecule has 6 nitrogen and oxygen atoms in total. The lowest BCUT2D eigenvalue weighted by Crippen LogP contribution is -2.47. The molecule has 0 unspecified atom stereocenters. The number of hydrogen-bond acceptors (Lipinski definition) is 4. The summed E-state index contributed by atoms with van der Waals surface area (Å²) in [7, 11) is -4.68. The second-order valence-electron chi connectivity index (χ2n) is 4.55. The third-order valence-electron chi connectivity index (χ3n) is 3.03. The van der Waals surface area contributed by atoms with Gasteiger partial charge in [0.05, 0.1) is 4.92 Å². The lowest BCUT2D eigenvalue weighted by atomic mass is 10.3. The Hall–Kier alpha value is -1.20. The largest absolute Gasteiger partial charge is 0.407 e. The standard InChI is InChI=1S/C10H8BrF3N2O4S/c11-6-1-2-7(16(17)18)8(5-6)21(19,20)15-9(3-4-9)10(12,13)14/h1-2,5,15H,3-4H2. The van der Waals surface area contributed by atoms with Crippen molar-refractivity contribution in [3.8, 4) is 0 Å². The Morgan fingerprint density at radius 1 is 1.33 bits per heavy atom. The van der Waals surface area contributed by atoms with Gasteiger partial charge in [0.15, 0.2) is 4.90 Å². The van der Waals surface area contributed by atoms with E-state index in [0.717, 1.165) is 12.1 Å². The summed E-state index contributed by atoms with van der Waals surface area (Å²) >= 11 is 2.94. The van der Waals surface area contributed by atoms with Crippen molar-refractivity contribution in [3.63, 3.8) is 0 Å². The van der Waals surface area contributed by atoms with E-state index < -0.39 is 50.1 Å². The first-order chi connectivity index (χ1) is 9.48. The molecular formula is C10H8BrF3N2O4S. The van der Waals surface area contributed by atoms with E-state index in [1.165, 1.54) is 6.07 Å². The van der Waals surface area contributed by atoms with Crippen molar-refractivity contribution in [1.82, 2.24) is 4.72 Å². The Bertz CT molecular complexity index is 701. The summed E-state index contributed by atoms with van der Waals surface area (Å²) in [6, 6.07) is 3.03. The smallest absolute Gasteiger partial charge is 0.258 e. The summed E-state index contributed by atoms with van der Waals surface area (Å²) in [5.74, 6) is 0. The molecule has 0 radical (unpaired) electrons. The van der Waals surface area contributed by atoms with Gasteiger partial charge in [-0.05, 0) is 25.0 Å². The summed E-state index contributed by atoms with van der Waals surface area (Å²) in [5, 5.41) is 10.8. The van der Waals surface area contributed by atoms with Crippen LogP contribution in [0.5, 0.6) is 0 Å². The van der Waals surface area contributed by atoms with Crippen LogP contribution in [0.2, 0.25) is 0 Å². The Morgan fingerprint density at radius 2 is 1.90 bits per heavy atom. The van der Waals surface area contributed by atoms with E-state index in [9.17, 15) is 31.7 Å². The van der Waals surface area contributed by atoms with Gasteiger partial charge >= 0.3 is 6.18 Å². The maximum absolute atomic E-state index is 12.8. The quantitative estimate of drug-likeness (QED) is 0.634. The summed E-state index contributed by atoms with van der Waals surface area (Å²) in [6.45, 7) is 0.